The number of anilines is 2. The van der Waals surface area contributed by atoms with Gasteiger partial charge in [-0.1, -0.05) is 26.2 Å². The third kappa shape index (κ3) is 3.81. The highest BCUT2D eigenvalue weighted by Gasteiger charge is 2.49. The molecule has 4 rings (SSSR count). The van der Waals surface area contributed by atoms with E-state index in [0.717, 1.165) is 43.7 Å². The molecule has 136 valence electrons. The van der Waals surface area contributed by atoms with Crippen molar-refractivity contribution in [3.05, 3.63) is 18.3 Å². The first kappa shape index (κ1) is 16.8. The molecule has 0 spiro atoms. The fourth-order valence-electron chi connectivity index (χ4n) is 4.24. The number of hydrogen-bond donors (Lipinski definition) is 1. The standard InChI is InChI=1S/C20H29N3O2/c1-20(7-8-20)17(15-3-2-4-15)13-19(24)22-16-5-6-18(21-14-16)23-9-11-25-12-10-23/h5-6,14-15,17H,2-4,7-13H2,1H3,(H,22,24). The van der Waals surface area contributed by atoms with Crippen LogP contribution in [0.25, 0.3) is 0 Å². The first-order chi connectivity index (χ1) is 12.1. The number of aromatic nitrogens is 1. The maximum atomic E-state index is 12.6. The lowest BCUT2D eigenvalue weighted by Crippen LogP contribution is -2.36. The Hall–Kier alpha value is -1.62. The molecular formula is C20H29N3O2. The third-order valence-corrected chi connectivity index (χ3v) is 6.42. The van der Waals surface area contributed by atoms with Gasteiger partial charge in [-0.3, -0.25) is 4.79 Å². The smallest absolute Gasteiger partial charge is 0.224 e. The number of pyridine rings is 1. The van der Waals surface area contributed by atoms with E-state index in [9.17, 15) is 4.79 Å². The Balaban J connectivity index is 1.34. The van der Waals surface area contributed by atoms with Gasteiger partial charge in [0.15, 0.2) is 0 Å². The summed E-state index contributed by atoms with van der Waals surface area (Å²) in [6.45, 7) is 5.62. The Morgan fingerprint density at radius 3 is 2.68 bits per heavy atom. The topological polar surface area (TPSA) is 54.5 Å². The number of morpholine rings is 1. The average molecular weight is 343 g/mol. The number of carbonyl (C=O) groups excluding carboxylic acids is 1. The zero-order valence-corrected chi connectivity index (χ0v) is 15.2. The molecule has 2 heterocycles. The normalized spacial score (nSPS) is 23.6. The molecule has 1 aromatic rings. The SMILES string of the molecule is CC1(C(CC(=O)Nc2ccc(N3CCOCC3)nc2)C2CCC2)CC1. The summed E-state index contributed by atoms with van der Waals surface area (Å²) in [5.74, 6) is 2.42. The molecule has 1 aliphatic heterocycles. The summed E-state index contributed by atoms with van der Waals surface area (Å²) >= 11 is 0. The lowest BCUT2D eigenvalue weighted by atomic mass is 9.68. The van der Waals surface area contributed by atoms with Crippen molar-refractivity contribution < 1.29 is 9.53 Å². The second-order valence-electron chi connectivity index (χ2n) is 8.21. The van der Waals surface area contributed by atoms with Gasteiger partial charge in [-0.25, -0.2) is 4.98 Å². The predicted molar refractivity (Wildman–Crippen MR) is 98.7 cm³/mol. The maximum absolute atomic E-state index is 12.6. The van der Waals surface area contributed by atoms with Crippen molar-refractivity contribution in [2.75, 3.05) is 36.5 Å². The fourth-order valence-corrected chi connectivity index (χ4v) is 4.24. The summed E-state index contributed by atoms with van der Waals surface area (Å²) in [6, 6.07) is 3.96. The van der Waals surface area contributed by atoms with Crippen LogP contribution >= 0.6 is 0 Å². The van der Waals surface area contributed by atoms with Gasteiger partial charge in [0.1, 0.15) is 5.82 Å². The Labute approximate surface area is 150 Å². The largest absolute Gasteiger partial charge is 0.378 e. The summed E-state index contributed by atoms with van der Waals surface area (Å²) in [5.41, 5.74) is 1.22. The highest BCUT2D eigenvalue weighted by atomic mass is 16.5. The molecule has 1 saturated heterocycles. The molecule has 25 heavy (non-hydrogen) atoms. The van der Waals surface area contributed by atoms with E-state index in [1.807, 2.05) is 12.1 Å². The molecule has 0 aromatic carbocycles. The van der Waals surface area contributed by atoms with Gasteiger partial charge in [0.05, 0.1) is 25.1 Å². The maximum Gasteiger partial charge on any atom is 0.224 e. The van der Waals surface area contributed by atoms with Gasteiger partial charge in [-0.05, 0) is 42.2 Å². The molecule has 2 aliphatic carbocycles. The van der Waals surface area contributed by atoms with Gasteiger partial charge in [0.25, 0.3) is 0 Å². The van der Waals surface area contributed by atoms with E-state index in [-0.39, 0.29) is 5.91 Å². The van der Waals surface area contributed by atoms with E-state index < -0.39 is 0 Å². The van der Waals surface area contributed by atoms with Crippen LogP contribution in [0.3, 0.4) is 0 Å². The molecule has 2 saturated carbocycles. The second-order valence-corrected chi connectivity index (χ2v) is 8.21. The van der Waals surface area contributed by atoms with E-state index in [1.54, 1.807) is 6.20 Å². The molecule has 1 unspecified atom stereocenters. The number of ether oxygens (including phenoxy) is 1. The van der Waals surface area contributed by atoms with Crippen LogP contribution in [0.5, 0.6) is 0 Å². The van der Waals surface area contributed by atoms with E-state index >= 15 is 0 Å². The van der Waals surface area contributed by atoms with Crippen molar-refractivity contribution in [2.45, 2.75) is 45.4 Å². The zero-order valence-electron chi connectivity index (χ0n) is 15.2. The highest BCUT2D eigenvalue weighted by molar-refractivity contribution is 5.90. The lowest BCUT2D eigenvalue weighted by Gasteiger charge is -2.37. The lowest BCUT2D eigenvalue weighted by molar-refractivity contribution is -0.118. The van der Waals surface area contributed by atoms with Crippen LogP contribution in [0, 0.1) is 17.3 Å². The van der Waals surface area contributed by atoms with E-state index in [4.69, 9.17) is 4.74 Å². The van der Waals surface area contributed by atoms with Crippen molar-refractivity contribution in [2.24, 2.45) is 17.3 Å². The number of nitrogens with zero attached hydrogens (tertiary/aromatic N) is 2. The second kappa shape index (κ2) is 6.94. The monoisotopic (exact) mass is 343 g/mol. The van der Waals surface area contributed by atoms with Crippen LogP contribution in [-0.4, -0.2) is 37.2 Å². The van der Waals surface area contributed by atoms with Crippen molar-refractivity contribution in [3.63, 3.8) is 0 Å². The van der Waals surface area contributed by atoms with Gasteiger partial charge < -0.3 is 15.0 Å². The van der Waals surface area contributed by atoms with Crippen molar-refractivity contribution in [1.82, 2.24) is 4.98 Å². The van der Waals surface area contributed by atoms with Crippen LogP contribution in [0.1, 0.15) is 45.4 Å². The quantitative estimate of drug-likeness (QED) is 0.859. The molecule has 0 radical (unpaired) electrons. The van der Waals surface area contributed by atoms with Gasteiger partial charge in [-0.2, -0.15) is 0 Å². The van der Waals surface area contributed by atoms with Crippen molar-refractivity contribution in [3.8, 4) is 0 Å². The predicted octanol–water partition coefficient (Wildman–Crippen LogP) is 3.46. The number of rotatable bonds is 6. The molecule has 0 bridgehead atoms. The molecule has 1 amide bonds. The van der Waals surface area contributed by atoms with Gasteiger partial charge in [0.2, 0.25) is 5.91 Å². The molecule has 5 nitrogen and oxygen atoms in total. The van der Waals surface area contributed by atoms with Gasteiger partial charge in [-0.15, -0.1) is 0 Å². The average Bonchev–Trinajstić information content (AvgIpc) is 3.33. The molecule has 5 heteroatoms. The third-order valence-electron chi connectivity index (χ3n) is 6.42. The summed E-state index contributed by atoms with van der Waals surface area (Å²) in [4.78, 5) is 19.3. The summed E-state index contributed by atoms with van der Waals surface area (Å²) in [5, 5.41) is 3.06. The highest BCUT2D eigenvalue weighted by Crippen LogP contribution is 2.58. The Morgan fingerprint density at radius 1 is 1.36 bits per heavy atom. The van der Waals surface area contributed by atoms with Crippen LogP contribution in [0.4, 0.5) is 11.5 Å². The molecule has 3 aliphatic rings. The van der Waals surface area contributed by atoms with Crippen molar-refractivity contribution >= 4 is 17.4 Å². The molecule has 1 N–H and O–H groups in total. The van der Waals surface area contributed by atoms with E-state index in [1.165, 1.54) is 32.1 Å². The Bertz CT molecular complexity index is 602. The molecule has 1 atom stereocenters. The van der Waals surface area contributed by atoms with Crippen LogP contribution < -0.4 is 10.2 Å². The van der Waals surface area contributed by atoms with Crippen LogP contribution in [0.15, 0.2) is 18.3 Å². The molecular weight excluding hydrogens is 314 g/mol. The minimum Gasteiger partial charge on any atom is -0.378 e. The van der Waals surface area contributed by atoms with Crippen LogP contribution in [0.2, 0.25) is 0 Å². The number of hydrogen-bond acceptors (Lipinski definition) is 4. The Morgan fingerprint density at radius 2 is 2.12 bits per heavy atom. The number of nitrogens with one attached hydrogen (secondary N) is 1. The summed E-state index contributed by atoms with van der Waals surface area (Å²) in [7, 11) is 0. The van der Waals surface area contributed by atoms with E-state index in [2.05, 4.69) is 22.1 Å². The first-order valence-corrected chi connectivity index (χ1v) is 9.73. The summed E-state index contributed by atoms with van der Waals surface area (Å²) < 4.78 is 5.37. The minimum atomic E-state index is 0.144. The van der Waals surface area contributed by atoms with E-state index in [0.29, 0.717) is 17.8 Å². The van der Waals surface area contributed by atoms with Gasteiger partial charge in [0, 0.05) is 19.5 Å². The first-order valence-electron chi connectivity index (χ1n) is 9.73. The molecule has 1 aromatic heterocycles. The zero-order chi connectivity index (χ0) is 17.3. The Kier molecular flexibility index (Phi) is 4.67. The fraction of sp³-hybridized carbons (Fsp3) is 0.700. The van der Waals surface area contributed by atoms with Gasteiger partial charge >= 0.3 is 0 Å². The minimum absolute atomic E-state index is 0.144. The molecule has 3 fully saturated rings. The summed E-state index contributed by atoms with van der Waals surface area (Å²) in [6.07, 6.45) is 8.97. The van der Waals surface area contributed by atoms with Crippen LogP contribution in [-0.2, 0) is 9.53 Å². The number of carbonyl (C=O) groups is 1. The number of amides is 1. The van der Waals surface area contributed by atoms with Crippen molar-refractivity contribution in [1.29, 1.82) is 0 Å².